The number of allylic oxidation sites excluding steroid dienone is 4. The fourth-order valence-corrected chi connectivity index (χ4v) is 1.60. The van der Waals surface area contributed by atoms with Crippen molar-refractivity contribution in [2.45, 2.75) is 51.4 Å². The largest absolute Gasteiger partial charge is 0.0845 e. The predicted molar refractivity (Wildman–Crippen MR) is 59.5 cm³/mol. The summed E-state index contributed by atoms with van der Waals surface area (Å²) in [6, 6.07) is 0. The minimum absolute atomic E-state index is 1.24. The van der Waals surface area contributed by atoms with Gasteiger partial charge in [0.15, 0.2) is 0 Å². The van der Waals surface area contributed by atoms with Crippen molar-refractivity contribution in [1.82, 2.24) is 0 Å². The SMILES string of the molecule is [CH]1CCC/C=C/C=C\CCCCC1. The number of hydrogen-bond donors (Lipinski definition) is 0. The Kier molecular flexibility index (Phi) is 6.58. The van der Waals surface area contributed by atoms with Crippen molar-refractivity contribution in [3.05, 3.63) is 30.7 Å². The second-order valence-corrected chi connectivity index (χ2v) is 3.71. The van der Waals surface area contributed by atoms with Crippen molar-refractivity contribution in [2.24, 2.45) is 0 Å². The zero-order chi connectivity index (χ0) is 9.19. The standard InChI is InChI=1S/C13H21/c1-2-4-6-8-10-12-13-11-9-7-5-3-1/h1-4,11H,5-10,12-13H2/b3-1+,4-2-. The van der Waals surface area contributed by atoms with Gasteiger partial charge in [-0.15, -0.1) is 0 Å². The van der Waals surface area contributed by atoms with Gasteiger partial charge < -0.3 is 0 Å². The van der Waals surface area contributed by atoms with Crippen LogP contribution >= 0.6 is 0 Å². The molecule has 0 unspecified atom stereocenters. The highest BCUT2D eigenvalue weighted by Crippen LogP contribution is 2.10. The summed E-state index contributed by atoms with van der Waals surface area (Å²) in [7, 11) is 0. The Morgan fingerprint density at radius 2 is 1.15 bits per heavy atom. The zero-order valence-electron chi connectivity index (χ0n) is 8.54. The number of rotatable bonds is 0. The van der Waals surface area contributed by atoms with E-state index in [-0.39, 0.29) is 0 Å². The van der Waals surface area contributed by atoms with Crippen molar-refractivity contribution < 1.29 is 0 Å². The summed E-state index contributed by atoms with van der Waals surface area (Å²) in [5.41, 5.74) is 0. The fraction of sp³-hybridized carbons (Fsp3) is 0.615. The van der Waals surface area contributed by atoms with Crippen LogP contribution in [-0.4, -0.2) is 0 Å². The highest BCUT2D eigenvalue weighted by Gasteiger charge is 1.91. The van der Waals surface area contributed by atoms with Crippen molar-refractivity contribution in [2.75, 3.05) is 0 Å². The van der Waals surface area contributed by atoms with Gasteiger partial charge in [-0.1, -0.05) is 43.6 Å². The molecule has 73 valence electrons. The Balaban J connectivity index is 2.18. The molecular formula is C13H21. The summed E-state index contributed by atoms with van der Waals surface area (Å²) in [4.78, 5) is 0. The van der Waals surface area contributed by atoms with Gasteiger partial charge in [0.2, 0.25) is 0 Å². The van der Waals surface area contributed by atoms with E-state index in [9.17, 15) is 0 Å². The molecule has 1 aliphatic carbocycles. The fourth-order valence-electron chi connectivity index (χ4n) is 1.60. The van der Waals surface area contributed by atoms with Crippen LogP contribution in [0.4, 0.5) is 0 Å². The van der Waals surface area contributed by atoms with E-state index in [0.29, 0.717) is 0 Å². The maximum absolute atomic E-state index is 2.46. The van der Waals surface area contributed by atoms with Gasteiger partial charge in [-0.3, -0.25) is 0 Å². The van der Waals surface area contributed by atoms with Gasteiger partial charge in [-0.2, -0.15) is 0 Å². The minimum Gasteiger partial charge on any atom is -0.0845 e. The van der Waals surface area contributed by atoms with Crippen molar-refractivity contribution >= 4 is 0 Å². The third-order valence-corrected chi connectivity index (χ3v) is 2.44. The molecule has 0 fully saturated rings. The topological polar surface area (TPSA) is 0 Å². The van der Waals surface area contributed by atoms with Gasteiger partial charge >= 0.3 is 0 Å². The molecule has 0 amide bonds. The molecule has 0 N–H and O–H groups in total. The molecule has 0 aliphatic heterocycles. The molecular weight excluding hydrogens is 156 g/mol. The Hall–Kier alpha value is -0.520. The lowest BCUT2D eigenvalue weighted by Gasteiger charge is -1.98. The Labute approximate surface area is 82.7 Å². The second-order valence-electron chi connectivity index (χ2n) is 3.71. The predicted octanol–water partition coefficient (Wildman–Crippen LogP) is 4.44. The molecule has 0 saturated heterocycles. The summed E-state index contributed by atoms with van der Waals surface area (Å²) >= 11 is 0. The lowest BCUT2D eigenvalue weighted by atomic mass is 10.1. The maximum atomic E-state index is 2.46. The average Bonchev–Trinajstić information content (AvgIpc) is 2.18. The van der Waals surface area contributed by atoms with Gasteiger partial charge in [0.1, 0.15) is 0 Å². The van der Waals surface area contributed by atoms with Crippen LogP contribution in [0.15, 0.2) is 24.3 Å². The highest BCUT2D eigenvalue weighted by molar-refractivity contribution is 5.02. The smallest absolute Gasteiger partial charge is 0.0348 e. The first-order valence-corrected chi connectivity index (χ1v) is 5.63. The molecule has 1 radical (unpaired) electrons. The quantitative estimate of drug-likeness (QED) is 0.513. The summed E-state index contributed by atoms with van der Waals surface area (Å²) in [6.07, 6.45) is 22.0. The average molecular weight is 177 g/mol. The molecule has 0 heterocycles. The maximum Gasteiger partial charge on any atom is -0.0348 e. The monoisotopic (exact) mass is 177 g/mol. The first kappa shape index (κ1) is 10.6. The summed E-state index contributed by atoms with van der Waals surface area (Å²) in [5, 5.41) is 0. The van der Waals surface area contributed by atoms with Crippen LogP contribution < -0.4 is 0 Å². The van der Waals surface area contributed by atoms with Crippen LogP contribution in [0.3, 0.4) is 0 Å². The molecule has 0 heteroatoms. The molecule has 0 aromatic rings. The molecule has 0 aromatic carbocycles. The van der Waals surface area contributed by atoms with Crippen molar-refractivity contribution in [3.8, 4) is 0 Å². The number of hydrogen-bond acceptors (Lipinski definition) is 0. The van der Waals surface area contributed by atoms with Gasteiger partial charge in [0.05, 0.1) is 0 Å². The Morgan fingerprint density at radius 1 is 0.538 bits per heavy atom. The van der Waals surface area contributed by atoms with Gasteiger partial charge in [-0.25, -0.2) is 0 Å². The van der Waals surface area contributed by atoms with Gasteiger partial charge in [-0.05, 0) is 38.5 Å². The molecule has 0 nitrogen and oxygen atoms in total. The van der Waals surface area contributed by atoms with Gasteiger partial charge in [0.25, 0.3) is 0 Å². The van der Waals surface area contributed by atoms with E-state index in [0.717, 1.165) is 0 Å². The first-order chi connectivity index (χ1) is 6.50. The second kappa shape index (κ2) is 8.10. The molecule has 1 rings (SSSR count). The van der Waals surface area contributed by atoms with Crippen LogP contribution in [0.5, 0.6) is 0 Å². The molecule has 1 aliphatic rings. The molecule has 0 bridgehead atoms. The van der Waals surface area contributed by atoms with E-state index in [2.05, 4.69) is 30.7 Å². The van der Waals surface area contributed by atoms with E-state index < -0.39 is 0 Å². The van der Waals surface area contributed by atoms with E-state index >= 15 is 0 Å². The van der Waals surface area contributed by atoms with Crippen LogP contribution in [0, 0.1) is 6.42 Å². The third-order valence-electron chi connectivity index (χ3n) is 2.44. The van der Waals surface area contributed by atoms with E-state index in [1.807, 2.05) is 0 Å². The van der Waals surface area contributed by atoms with E-state index in [1.165, 1.54) is 51.4 Å². The third kappa shape index (κ3) is 6.62. The minimum atomic E-state index is 1.24. The molecule has 0 saturated carbocycles. The van der Waals surface area contributed by atoms with E-state index in [4.69, 9.17) is 0 Å². The Morgan fingerprint density at radius 3 is 2.00 bits per heavy atom. The summed E-state index contributed by atoms with van der Waals surface area (Å²) in [6.45, 7) is 0. The Bertz CT molecular complexity index is 135. The highest BCUT2D eigenvalue weighted by atomic mass is 14.0. The van der Waals surface area contributed by atoms with Crippen LogP contribution in [0.2, 0.25) is 0 Å². The molecule has 0 atom stereocenters. The molecule has 0 spiro atoms. The van der Waals surface area contributed by atoms with Crippen LogP contribution in [0.1, 0.15) is 51.4 Å². The van der Waals surface area contributed by atoms with Gasteiger partial charge in [0, 0.05) is 0 Å². The normalized spacial score (nSPS) is 26.5. The molecule has 13 heavy (non-hydrogen) atoms. The van der Waals surface area contributed by atoms with Crippen LogP contribution in [-0.2, 0) is 0 Å². The van der Waals surface area contributed by atoms with Crippen molar-refractivity contribution in [1.29, 1.82) is 0 Å². The first-order valence-electron chi connectivity index (χ1n) is 5.63. The molecule has 0 aromatic heterocycles. The zero-order valence-corrected chi connectivity index (χ0v) is 8.54. The van der Waals surface area contributed by atoms with Crippen molar-refractivity contribution in [3.63, 3.8) is 0 Å². The lowest BCUT2D eigenvalue weighted by Crippen LogP contribution is -1.80. The summed E-state index contributed by atoms with van der Waals surface area (Å²) in [5.74, 6) is 0. The summed E-state index contributed by atoms with van der Waals surface area (Å²) < 4.78 is 0. The van der Waals surface area contributed by atoms with E-state index in [1.54, 1.807) is 0 Å². The van der Waals surface area contributed by atoms with Crippen LogP contribution in [0.25, 0.3) is 0 Å². The lowest BCUT2D eigenvalue weighted by molar-refractivity contribution is 0.660.